The normalized spacial score (nSPS) is 19.2. The molecule has 1 aliphatic heterocycles. The van der Waals surface area contributed by atoms with Gasteiger partial charge in [0.2, 0.25) is 15.9 Å². The molecule has 12 heteroatoms. The number of sulfone groups is 1. The molecular weight excluding hydrogens is 504 g/mol. The lowest BCUT2D eigenvalue weighted by atomic mass is 9.94. The number of rotatable bonds is 7. The number of piperidine rings is 1. The molecule has 1 fully saturated rings. The van der Waals surface area contributed by atoms with Crippen LogP contribution in [0.5, 0.6) is 0 Å². The fourth-order valence-electron chi connectivity index (χ4n) is 4.30. The van der Waals surface area contributed by atoms with E-state index in [0.717, 1.165) is 18.2 Å². The highest BCUT2D eigenvalue weighted by atomic mass is 32.2. The van der Waals surface area contributed by atoms with Crippen molar-refractivity contribution >= 4 is 31.8 Å². The molecule has 0 saturated carbocycles. The van der Waals surface area contributed by atoms with Crippen LogP contribution < -0.4 is 5.32 Å². The minimum absolute atomic E-state index is 0.101. The van der Waals surface area contributed by atoms with E-state index >= 15 is 0 Å². The molecule has 1 amide bonds. The van der Waals surface area contributed by atoms with Crippen molar-refractivity contribution in [3.8, 4) is 0 Å². The third-order valence-corrected chi connectivity index (χ3v) is 8.96. The summed E-state index contributed by atoms with van der Waals surface area (Å²) in [5.74, 6) is 0.301. The van der Waals surface area contributed by atoms with Crippen LogP contribution in [0.3, 0.4) is 0 Å². The second kappa shape index (κ2) is 10.1. The smallest absolute Gasteiger partial charge is 0.322 e. The maximum Gasteiger partial charge on any atom is 0.322 e. The summed E-state index contributed by atoms with van der Waals surface area (Å²) < 4.78 is 56.2. The van der Waals surface area contributed by atoms with E-state index in [4.69, 9.17) is 4.42 Å². The Kier molecular flexibility index (Phi) is 7.30. The van der Waals surface area contributed by atoms with Gasteiger partial charge in [-0.3, -0.25) is 10.1 Å². The molecular formula is C24H28N4O6S2. The molecule has 1 aromatic heterocycles. The van der Waals surface area contributed by atoms with E-state index in [-0.39, 0.29) is 33.7 Å². The Morgan fingerprint density at radius 1 is 0.944 bits per heavy atom. The summed E-state index contributed by atoms with van der Waals surface area (Å²) in [5, 5.41) is 10.2. The lowest BCUT2D eigenvalue weighted by molar-refractivity contribution is 0.102. The van der Waals surface area contributed by atoms with Crippen LogP contribution in [0.4, 0.5) is 6.01 Å². The highest BCUT2D eigenvalue weighted by Crippen LogP contribution is 2.27. The van der Waals surface area contributed by atoms with E-state index in [0.29, 0.717) is 24.9 Å². The number of carbonyl (C=O) groups is 1. The number of nitrogens with zero attached hydrogens (tertiary/aromatic N) is 3. The molecule has 2 heterocycles. The summed E-state index contributed by atoms with van der Waals surface area (Å²) in [6.45, 7) is 5.05. The van der Waals surface area contributed by atoms with E-state index in [2.05, 4.69) is 15.5 Å². The molecule has 10 nitrogen and oxygen atoms in total. The third-order valence-electron chi connectivity index (χ3n) is 5.98. The summed E-state index contributed by atoms with van der Waals surface area (Å²) >= 11 is 0. The summed E-state index contributed by atoms with van der Waals surface area (Å²) in [7, 11) is -6.92. The first-order valence-electron chi connectivity index (χ1n) is 11.4. The predicted octanol–water partition coefficient (Wildman–Crippen LogP) is 2.98. The predicted molar refractivity (Wildman–Crippen MR) is 133 cm³/mol. The fourth-order valence-corrected chi connectivity index (χ4v) is 6.61. The fraction of sp³-hybridized carbons (Fsp3) is 0.375. The van der Waals surface area contributed by atoms with Crippen molar-refractivity contribution in [3.05, 3.63) is 65.5 Å². The van der Waals surface area contributed by atoms with Crippen LogP contribution in [0.2, 0.25) is 0 Å². The summed E-state index contributed by atoms with van der Waals surface area (Å²) in [5.41, 5.74) is 1.00. The SMILES string of the molecule is CC1CC(C)CN(S(=O)(=O)c2ccc(C(=O)Nc3nnc(Cc4ccc(S(C)(=O)=O)cc4)o3)cc2)C1. The number of carbonyl (C=O) groups excluding carboxylic acids is 1. The van der Waals surface area contributed by atoms with Crippen LogP contribution in [0, 0.1) is 11.8 Å². The van der Waals surface area contributed by atoms with E-state index in [1.165, 1.54) is 40.7 Å². The molecule has 192 valence electrons. The van der Waals surface area contributed by atoms with E-state index in [1.54, 1.807) is 12.1 Å². The van der Waals surface area contributed by atoms with E-state index in [9.17, 15) is 21.6 Å². The van der Waals surface area contributed by atoms with E-state index in [1.807, 2.05) is 13.8 Å². The number of sulfonamides is 1. The van der Waals surface area contributed by atoms with Gasteiger partial charge in [0.25, 0.3) is 5.91 Å². The topological polar surface area (TPSA) is 140 Å². The summed E-state index contributed by atoms with van der Waals surface area (Å²) in [6.07, 6.45) is 2.39. The number of amides is 1. The van der Waals surface area contributed by atoms with Crippen molar-refractivity contribution in [2.45, 2.75) is 36.5 Å². The lowest BCUT2D eigenvalue weighted by Gasteiger charge is -2.34. The van der Waals surface area contributed by atoms with Crippen LogP contribution in [0.15, 0.2) is 62.7 Å². The van der Waals surface area contributed by atoms with Crippen molar-refractivity contribution < 1.29 is 26.0 Å². The highest BCUT2D eigenvalue weighted by molar-refractivity contribution is 7.90. The van der Waals surface area contributed by atoms with Gasteiger partial charge in [0.15, 0.2) is 9.84 Å². The molecule has 0 bridgehead atoms. The van der Waals surface area contributed by atoms with Crippen LogP contribution in [0.25, 0.3) is 0 Å². The van der Waals surface area contributed by atoms with Gasteiger partial charge in [-0.1, -0.05) is 31.1 Å². The Morgan fingerprint density at radius 3 is 2.11 bits per heavy atom. The van der Waals surface area contributed by atoms with Crippen molar-refractivity contribution in [1.29, 1.82) is 0 Å². The number of hydrogen-bond acceptors (Lipinski definition) is 8. The molecule has 1 N–H and O–H groups in total. The Balaban J connectivity index is 1.39. The second-order valence-electron chi connectivity index (χ2n) is 9.34. The molecule has 2 aromatic carbocycles. The molecule has 1 saturated heterocycles. The Labute approximate surface area is 210 Å². The monoisotopic (exact) mass is 532 g/mol. The minimum atomic E-state index is -3.64. The average Bonchev–Trinajstić information content (AvgIpc) is 3.24. The zero-order chi connectivity index (χ0) is 26.1. The minimum Gasteiger partial charge on any atom is -0.407 e. The molecule has 3 aromatic rings. The van der Waals surface area contributed by atoms with Gasteiger partial charge in [0, 0.05) is 24.9 Å². The quantitative estimate of drug-likeness (QED) is 0.490. The van der Waals surface area contributed by atoms with Crippen molar-refractivity contribution in [2.75, 3.05) is 24.7 Å². The average molecular weight is 533 g/mol. The first-order chi connectivity index (χ1) is 16.9. The summed E-state index contributed by atoms with van der Waals surface area (Å²) in [4.78, 5) is 13.0. The summed E-state index contributed by atoms with van der Waals surface area (Å²) in [6, 6.07) is 11.9. The van der Waals surface area contributed by atoms with Crippen molar-refractivity contribution in [1.82, 2.24) is 14.5 Å². The van der Waals surface area contributed by atoms with Gasteiger partial charge in [0.1, 0.15) is 0 Å². The van der Waals surface area contributed by atoms with Gasteiger partial charge in [-0.25, -0.2) is 16.8 Å². The molecule has 0 aliphatic carbocycles. The Hall–Kier alpha value is -3.09. The lowest BCUT2D eigenvalue weighted by Crippen LogP contribution is -2.42. The van der Waals surface area contributed by atoms with Crippen molar-refractivity contribution in [3.63, 3.8) is 0 Å². The second-order valence-corrected chi connectivity index (χ2v) is 13.3. The number of anilines is 1. The highest BCUT2D eigenvalue weighted by Gasteiger charge is 2.31. The molecule has 1 aliphatic rings. The molecule has 36 heavy (non-hydrogen) atoms. The maximum atomic E-state index is 13.0. The van der Waals surface area contributed by atoms with Gasteiger partial charge >= 0.3 is 6.01 Å². The molecule has 2 atom stereocenters. The van der Waals surface area contributed by atoms with Gasteiger partial charge in [-0.05, 0) is 60.2 Å². The zero-order valence-electron chi connectivity index (χ0n) is 20.2. The number of benzene rings is 2. The first-order valence-corrected chi connectivity index (χ1v) is 14.8. The largest absolute Gasteiger partial charge is 0.407 e. The first kappa shape index (κ1) is 26.0. The van der Waals surface area contributed by atoms with Crippen LogP contribution in [-0.4, -0.2) is 56.6 Å². The van der Waals surface area contributed by atoms with Gasteiger partial charge in [0.05, 0.1) is 16.2 Å². The Bertz CT molecular complexity index is 1440. The number of hydrogen-bond donors (Lipinski definition) is 1. The van der Waals surface area contributed by atoms with Crippen LogP contribution in [-0.2, 0) is 26.3 Å². The maximum absolute atomic E-state index is 13.0. The molecule has 4 rings (SSSR count). The number of aromatic nitrogens is 2. The zero-order valence-corrected chi connectivity index (χ0v) is 21.8. The standard InChI is InChI=1S/C24H28N4O6S2/c1-16-12-17(2)15-28(14-16)36(32,33)21-10-6-19(7-11-21)23(29)25-24-27-26-22(34-24)13-18-4-8-20(9-5-18)35(3,30)31/h4-11,16-17H,12-15H2,1-3H3,(H,25,27,29). The van der Waals surface area contributed by atoms with Crippen molar-refractivity contribution in [2.24, 2.45) is 11.8 Å². The molecule has 0 spiro atoms. The Morgan fingerprint density at radius 2 is 1.53 bits per heavy atom. The number of nitrogens with one attached hydrogen (secondary N) is 1. The van der Waals surface area contributed by atoms with Gasteiger partial charge < -0.3 is 4.42 Å². The molecule has 0 radical (unpaired) electrons. The van der Waals surface area contributed by atoms with Crippen LogP contribution in [0.1, 0.15) is 42.1 Å². The van der Waals surface area contributed by atoms with Gasteiger partial charge in [-0.15, -0.1) is 5.10 Å². The van der Waals surface area contributed by atoms with E-state index < -0.39 is 25.8 Å². The van der Waals surface area contributed by atoms with Gasteiger partial charge in [-0.2, -0.15) is 4.31 Å². The molecule has 2 unspecified atom stereocenters. The van der Waals surface area contributed by atoms with Crippen LogP contribution >= 0.6 is 0 Å². The third kappa shape index (κ3) is 6.00.